The number of benzene rings is 1. The van der Waals surface area contributed by atoms with Crippen LogP contribution < -0.4 is 19.5 Å². The largest absolute Gasteiger partial charge is 0.493 e. The molecule has 2 aromatic rings. The topological polar surface area (TPSA) is 69.7 Å². The van der Waals surface area contributed by atoms with E-state index in [0.717, 1.165) is 0 Å². The molecular weight excluding hydrogens is 408 g/mol. The van der Waals surface area contributed by atoms with Crippen molar-refractivity contribution in [1.82, 2.24) is 4.98 Å². The molecule has 1 amide bonds. The number of nitrogens with zero attached hydrogens (tertiary/aromatic N) is 1. The Morgan fingerprint density at radius 2 is 2.00 bits per heavy atom. The van der Waals surface area contributed by atoms with Gasteiger partial charge in [0, 0.05) is 5.38 Å². The fraction of sp³-hybridized carbons (Fsp3) is 0.286. The first-order valence-electron chi connectivity index (χ1n) is 6.35. The maximum atomic E-state index is 12.5. The van der Waals surface area contributed by atoms with Crippen molar-refractivity contribution in [2.45, 2.75) is 5.88 Å². The second kappa shape index (κ2) is 7.85. The molecule has 0 aliphatic rings. The number of halogens is 2. The van der Waals surface area contributed by atoms with E-state index in [9.17, 15) is 4.79 Å². The van der Waals surface area contributed by atoms with Gasteiger partial charge in [-0.05, 0) is 22.0 Å². The van der Waals surface area contributed by atoms with Crippen LogP contribution in [0.25, 0.3) is 0 Å². The molecular formula is C14H14BrClN2O4S. The number of ether oxygens (including phenoxy) is 3. The highest BCUT2D eigenvalue weighted by Gasteiger charge is 2.23. The van der Waals surface area contributed by atoms with E-state index in [0.29, 0.717) is 44.0 Å². The molecule has 0 radical (unpaired) electrons. The third kappa shape index (κ3) is 3.70. The Labute approximate surface area is 150 Å². The van der Waals surface area contributed by atoms with Gasteiger partial charge in [0.2, 0.25) is 5.75 Å². The molecule has 124 valence electrons. The third-order valence-electron chi connectivity index (χ3n) is 2.92. The summed E-state index contributed by atoms with van der Waals surface area (Å²) < 4.78 is 16.3. The van der Waals surface area contributed by atoms with Crippen molar-refractivity contribution in [2.75, 3.05) is 26.6 Å². The van der Waals surface area contributed by atoms with Crippen LogP contribution in [-0.2, 0) is 5.88 Å². The average molecular weight is 422 g/mol. The van der Waals surface area contributed by atoms with Crippen molar-refractivity contribution in [2.24, 2.45) is 0 Å². The first-order chi connectivity index (χ1) is 11.0. The summed E-state index contributed by atoms with van der Waals surface area (Å²) in [5.74, 6) is 1.10. The summed E-state index contributed by atoms with van der Waals surface area (Å²) in [5, 5.41) is 4.97. The first-order valence-corrected chi connectivity index (χ1v) is 8.56. The molecule has 1 heterocycles. The number of methoxy groups -OCH3 is 3. The van der Waals surface area contributed by atoms with Crippen LogP contribution in [0.4, 0.5) is 5.13 Å². The van der Waals surface area contributed by atoms with Crippen LogP contribution in [0.1, 0.15) is 16.1 Å². The molecule has 0 spiro atoms. The van der Waals surface area contributed by atoms with E-state index in [1.165, 1.54) is 32.7 Å². The van der Waals surface area contributed by atoms with E-state index in [1.807, 2.05) is 0 Å². The molecule has 0 aliphatic heterocycles. The van der Waals surface area contributed by atoms with Gasteiger partial charge >= 0.3 is 0 Å². The molecule has 0 aliphatic carbocycles. The molecule has 0 atom stereocenters. The molecule has 1 N–H and O–H groups in total. The van der Waals surface area contributed by atoms with Gasteiger partial charge in [-0.1, -0.05) is 0 Å². The van der Waals surface area contributed by atoms with Gasteiger partial charge in [0.1, 0.15) is 0 Å². The minimum Gasteiger partial charge on any atom is -0.493 e. The molecule has 0 unspecified atom stereocenters. The van der Waals surface area contributed by atoms with Crippen molar-refractivity contribution in [1.29, 1.82) is 0 Å². The number of thiazole rings is 1. The lowest BCUT2D eigenvalue weighted by molar-refractivity contribution is 0.102. The summed E-state index contributed by atoms with van der Waals surface area (Å²) in [6, 6.07) is 1.57. The Morgan fingerprint density at radius 3 is 2.52 bits per heavy atom. The van der Waals surface area contributed by atoms with Crippen LogP contribution in [0.2, 0.25) is 0 Å². The Morgan fingerprint density at radius 1 is 1.30 bits per heavy atom. The number of rotatable bonds is 6. The van der Waals surface area contributed by atoms with E-state index in [2.05, 4.69) is 26.2 Å². The first kappa shape index (κ1) is 17.8. The lowest BCUT2D eigenvalue weighted by Crippen LogP contribution is -2.13. The van der Waals surface area contributed by atoms with Gasteiger partial charge in [0.05, 0.1) is 42.9 Å². The summed E-state index contributed by atoms with van der Waals surface area (Å²) >= 11 is 10.4. The van der Waals surface area contributed by atoms with Gasteiger partial charge in [-0.15, -0.1) is 22.9 Å². The zero-order chi connectivity index (χ0) is 17.0. The van der Waals surface area contributed by atoms with E-state index < -0.39 is 0 Å². The van der Waals surface area contributed by atoms with Gasteiger partial charge in [0.15, 0.2) is 16.6 Å². The quantitative estimate of drug-likeness (QED) is 0.716. The van der Waals surface area contributed by atoms with Crippen LogP contribution >= 0.6 is 38.9 Å². The molecule has 2 rings (SSSR count). The SMILES string of the molecule is COc1cc(C(=O)Nc2nc(CCl)cs2)c(Br)c(OC)c1OC. The monoisotopic (exact) mass is 420 g/mol. The molecule has 0 saturated carbocycles. The van der Waals surface area contributed by atoms with Crippen molar-refractivity contribution < 1.29 is 19.0 Å². The maximum Gasteiger partial charge on any atom is 0.258 e. The average Bonchev–Trinajstić information content (AvgIpc) is 3.01. The van der Waals surface area contributed by atoms with Crippen LogP contribution in [0.3, 0.4) is 0 Å². The summed E-state index contributed by atoms with van der Waals surface area (Å²) in [6.07, 6.45) is 0. The molecule has 1 aromatic heterocycles. The number of carbonyl (C=O) groups excluding carboxylic acids is 1. The van der Waals surface area contributed by atoms with E-state index in [4.69, 9.17) is 25.8 Å². The number of carbonyl (C=O) groups is 1. The van der Waals surface area contributed by atoms with Gasteiger partial charge in [-0.2, -0.15) is 0 Å². The molecule has 0 saturated heterocycles. The van der Waals surface area contributed by atoms with E-state index in [1.54, 1.807) is 11.4 Å². The molecule has 0 bridgehead atoms. The highest BCUT2D eigenvalue weighted by atomic mass is 79.9. The highest BCUT2D eigenvalue weighted by molar-refractivity contribution is 9.10. The number of alkyl halides is 1. The van der Waals surface area contributed by atoms with Crippen LogP contribution in [0.5, 0.6) is 17.2 Å². The maximum absolute atomic E-state index is 12.5. The number of anilines is 1. The second-order valence-corrected chi connectivity index (χ2v) is 6.16. The predicted octanol–water partition coefficient (Wildman–Crippen LogP) is 3.92. The van der Waals surface area contributed by atoms with E-state index in [-0.39, 0.29) is 5.91 Å². The zero-order valence-corrected chi connectivity index (χ0v) is 15.8. The smallest absolute Gasteiger partial charge is 0.258 e. The zero-order valence-electron chi connectivity index (χ0n) is 12.6. The number of amides is 1. The molecule has 0 fully saturated rings. The van der Waals surface area contributed by atoms with Gasteiger partial charge < -0.3 is 14.2 Å². The number of hydrogen-bond acceptors (Lipinski definition) is 6. The summed E-state index contributed by atoms with van der Waals surface area (Å²) in [7, 11) is 4.47. The van der Waals surface area contributed by atoms with Crippen LogP contribution in [-0.4, -0.2) is 32.2 Å². The highest BCUT2D eigenvalue weighted by Crippen LogP contribution is 2.44. The van der Waals surface area contributed by atoms with Gasteiger partial charge in [-0.3, -0.25) is 10.1 Å². The van der Waals surface area contributed by atoms with Crippen molar-refractivity contribution >= 4 is 49.9 Å². The number of aromatic nitrogens is 1. The van der Waals surface area contributed by atoms with Crippen molar-refractivity contribution in [3.05, 3.63) is 27.2 Å². The molecule has 23 heavy (non-hydrogen) atoms. The summed E-state index contributed by atoms with van der Waals surface area (Å²) in [5.41, 5.74) is 1.04. The minimum atomic E-state index is -0.355. The molecule has 1 aromatic carbocycles. The lowest BCUT2D eigenvalue weighted by Gasteiger charge is -2.16. The summed E-state index contributed by atoms with van der Waals surface area (Å²) in [4.78, 5) is 16.7. The Balaban J connectivity index is 2.39. The Bertz CT molecular complexity index is 723. The molecule has 6 nitrogen and oxygen atoms in total. The standard InChI is InChI=1S/C14H14BrClN2O4S/c1-20-9-4-8(10(15)12(22-3)11(9)21-2)13(19)18-14-17-7(5-16)6-23-14/h4,6H,5H2,1-3H3,(H,17,18,19). The van der Waals surface area contributed by atoms with Crippen molar-refractivity contribution in [3.63, 3.8) is 0 Å². The fourth-order valence-electron chi connectivity index (χ4n) is 1.88. The van der Waals surface area contributed by atoms with Crippen LogP contribution in [0, 0.1) is 0 Å². The Hall–Kier alpha value is -1.51. The number of hydrogen-bond donors (Lipinski definition) is 1. The predicted molar refractivity (Wildman–Crippen MR) is 93.4 cm³/mol. The van der Waals surface area contributed by atoms with E-state index >= 15 is 0 Å². The van der Waals surface area contributed by atoms with Crippen molar-refractivity contribution in [3.8, 4) is 17.2 Å². The van der Waals surface area contributed by atoms with Gasteiger partial charge in [-0.25, -0.2) is 4.98 Å². The van der Waals surface area contributed by atoms with Gasteiger partial charge in [0.25, 0.3) is 5.91 Å². The lowest BCUT2D eigenvalue weighted by atomic mass is 10.1. The Kier molecular flexibility index (Phi) is 6.09. The van der Waals surface area contributed by atoms with Crippen LogP contribution in [0.15, 0.2) is 15.9 Å². The minimum absolute atomic E-state index is 0.292. The number of nitrogens with one attached hydrogen (secondary N) is 1. The molecule has 9 heteroatoms. The fourth-order valence-corrected chi connectivity index (χ4v) is 3.45. The second-order valence-electron chi connectivity index (χ2n) is 4.24. The normalized spacial score (nSPS) is 10.3. The summed E-state index contributed by atoms with van der Waals surface area (Å²) in [6.45, 7) is 0. The third-order valence-corrected chi connectivity index (χ3v) is 4.79.